The smallest absolute Gasteiger partial charge is 0.223 e. The van der Waals surface area contributed by atoms with E-state index in [0.717, 1.165) is 43.1 Å². The Hall–Kier alpha value is -1.66. The van der Waals surface area contributed by atoms with E-state index in [1.807, 2.05) is 6.20 Å². The van der Waals surface area contributed by atoms with Crippen molar-refractivity contribution < 1.29 is 0 Å². The van der Waals surface area contributed by atoms with Crippen LogP contribution in [0.4, 0.5) is 5.95 Å². The van der Waals surface area contributed by atoms with Gasteiger partial charge in [-0.25, -0.2) is 9.97 Å². The van der Waals surface area contributed by atoms with Crippen LogP contribution in [0.25, 0.3) is 11.3 Å². The van der Waals surface area contributed by atoms with Crippen molar-refractivity contribution >= 4 is 17.5 Å². The van der Waals surface area contributed by atoms with Gasteiger partial charge in [0.05, 0.1) is 23.1 Å². The molecule has 0 bridgehead atoms. The van der Waals surface area contributed by atoms with Crippen molar-refractivity contribution in [2.24, 2.45) is 5.41 Å². The van der Waals surface area contributed by atoms with E-state index in [-0.39, 0.29) is 0 Å². The van der Waals surface area contributed by atoms with E-state index < -0.39 is 0 Å². The zero-order chi connectivity index (χ0) is 20.1. The molecule has 1 spiro atoms. The molecular formula is C23H31ClN6. The molecular weight excluding hydrogens is 396 g/mol. The van der Waals surface area contributed by atoms with Crippen LogP contribution in [0.1, 0.15) is 69.9 Å². The second-order valence-electron chi connectivity index (χ2n) is 10.1. The van der Waals surface area contributed by atoms with Crippen molar-refractivity contribution in [1.82, 2.24) is 25.1 Å². The van der Waals surface area contributed by atoms with E-state index in [4.69, 9.17) is 16.6 Å². The number of rotatable bonds is 5. The van der Waals surface area contributed by atoms with Crippen LogP contribution in [0.5, 0.6) is 0 Å². The van der Waals surface area contributed by atoms with Crippen molar-refractivity contribution in [1.29, 1.82) is 0 Å². The van der Waals surface area contributed by atoms with Crippen molar-refractivity contribution in [3.63, 3.8) is 0 Å². The minimum Gasteiger partial charge on any atom is -0.351 e. The molecule has 7 heteroatoms. The van der Waals surface area contributed by atoms with Crippen LogP contribution in [-0.2, 0) is 13.0 Å². The molecule has 1 aliphatic heterocycles. The molecule has 2 aromatic heterocycles. The Labute approximate surface area is 183 Å². The highest BCUT2D eigenvalue weighted by atomic mass is 35.5. The topological polar surface area (TPSA) is 67.7 Å². The van der Waals surface area contributed by atoms with Crippen molar-refractivity contribution in [2.45, 2.75) is 95.3 Å². The Morgan fingerprint density at radius 1 is 0.967 bits per heavy atom. The summed E-state index contributed by atoms with van der Waals surface area (Å²) in [7, 11) is 0. The second-order valence-corrected chi connectivity index (χ2v) is 10.5. The first-order valence-electron chi connectivity index (χ1n) is 11.8. The maximum Gasteiger partial charge on any atom is 0.223 e. The summed E-state index contributed by atoms with van der Waals surface area (Å²) in [6, 6.07) is 1.88. The second kappa shape index (κ2) is 7.49. The Morgan fingerprint density at radius 2 is 1.70 bits per heavy atom. The van der Waals surface area contributed by atoms with Crippen LogP contribution >= 0.6 is 11.6 Å². The molecule has 160 valence electrons. The summed E-state index contributed by atoms with van der Waals surface area (Å²) >= 11 is 6.52. The highest BCUT2D eigenvalue weighted by Crippen LogP contribution is 2.54. The molecule has 0 unspecified atom stereocenters. The number of hydrogen-bond acceptors (Lipinski definition) is 5. The van der Waals surface area contributed by atoms with Gasteiger partial charge in [-0.1, -0.05) is 24.4 Å². The van der Waals surface area contributed by atoms with Gasteiger partial charge in [0.2, 0.25) is 5.95 Å². The van der Waals surface area contributed by atoms with Gasteiger partial charge in [0.1, 0.15) is 0 Å². The van der Waals surface area contributed by atoms with E-state index in [0.29, 0.717) is 28.5 Å². The molecule has 2 aromatic rings. The van der Waals surface area contributed by atoms with Crippen LogP contribution < -0.4 is 10.6 Å². The van der Waals surface area contributed by atoms with Gasteiger partial charge in [-0.15, -0.1) is 0 Å². The van der Waals surface area contributed by atoms with Crippen LogP contribution in [0.3, 0.4) is 0 Å². The largest absolute Gasteiger partial charge is 0.351 e. The number of aromatic nitrogens is 4. The lowest BCUT2D eigenvalue weighted by Crippen LogP contribution is -2.41. The van der Waals surface area contributed by atoms with Gasteiger partial charge < -0.3 is 10.6 Å². The van der Waals surface area contributed by atoms with Gasteiger partial charge in [-0.05, 0) is 63.2 Å². The van der Waals surface area contributed by atoms with E-state index in [9.17, 15) is 0 Å². The lowest BCUT2D eigenvalue weighted by Gasteiger charge is -2.31. The van der Waals surface area contributed by atoms with Crippen LogP contribution in [0, 0.1) is 5.41 Å². The maximum atomic E-state index is 6.52. The van der Waals surface area contributed by atoms with E-state index in [1.165, 1.54) is 57.1 Å². The third kappa shape index (κ3) is 3.62. The van der Waals surface area contributed by atoms with Crippen LogP contribution in [0.2, 0.25) is 5.02 Å². The summed E-state index contributed by atoms with van der Waals surface area (Å²) in [5.74, 6) is 0.695. The van der Waals surface area contributed by atoms with Crippen LogP contribution in [0.15, 0.2) is 12.4 Å². The van der Waals surface area contributed by atoms with E-state index in [1.54, 1.807) is 6.20 Å². The van der Waals surface area contributed by atoms with Crippen molar-refractivity contribution in [3.8, 4) is 11.3 Å². The standard InChI is InChI=1S/C23H31ClN6/c24-19-13-25-22(28-17-7-5-16(6-8-17)27-15-3-1-2-4-15)29-21(19)18-12-26-30-14-23(9-10-23)11-20(18)30/h12-13,15-17,27H,1-11,14H2,(H,25,28,29). The predicted molar refractivity (Wildman–Crippen MR) is 119 cm³/mol. The highest BCUT2D eigenvalue weighted by Gasteiger charge is 2.48. The minimum atomic E-state index is 0.438. The third-order valence-electron chi connectivity index (χ3n) is 7.82. The van der Waals surface area contributed by atoms with Gasteiger partial charge >= 0.3 is 0 Å². The fraction of sp³-hybridized carbons (Fsp3) is 0.696. The van der Waals surface area contributed by atoms with Gasteiger partial charge in [-0.2, -0.15) is 5.10 Å². The van der Waals surface area contributed by atoms with E-state index in [2.05, 4.69) is 25.4 Å². The average Bonchev–Trinajstić information content (AvgIpc) is 3.06. The molecule has 0 aromatic carbocycles. The quantitative estimate of drug-likeness (QED) is 0.732. The van der Waals surface area contributed by atoms with Gasteiger partial charge in [0.25, 0.3) is 0 Å². The number of fused-ring (bicyclic) bond motifs is 1. The molecule has 0 radical (unpaired) electrons. The Morgan fingerprint density at radius 3 is 2.47 bits per heavy atom. The Kier molecular flexibility index (Phi) is 4.75. The number of hydrogen-bond donors (Lipinski definition) is 2. The monoisotopic (exact) mass is 426 g/mol. The molecule has 3 heterocycles. The average molecular weight is 427 g/mol. The first-order valence-corrected chi connectivity index (χ1v) is 12.2. The number of nitrogens with one attached hydrogen (secondary N) is 2. The molecule has 2 N–H and O–H groups in total. The lowest BCUT2D eigenvalue weighted by molar-refractivity contribution is 0.322. The summed E-state index contributed by atoms with van der Waals surface area (Å²) in [5.41, 5.74) is 3.67. The number of halogens is 1. The lowest BCUT2D eigenvalue weighted by atomic mass is 9.90. The molecule has 6 nitrogen and oxygen atoms in total. The zero-order valence-corrected chi connectivity index (χ0v) is 18.3. The molecule has 4 aliphatic rings. The molecule has 3 saturated carbocycles. The maximum absolute atomic E-state index is 6.52. The normalized spacial score (nSPS) is 27.5. The fourth-order valence-electron chi connectivity index (χ4n) is 5.81. The summed E-state index contributed by atoms with van der Waals surface area (Å²) in [5, 5.41) is 12.7. The van der Waals surface area contributed by atoms with Gasteiger partial charge in [-0.3, -0.25) is 4.68 Å². The Balaban J connectivity index is 1.12. The minimum absolute atomic E-state index is 0.438. The third-order valence-corrected chi connectivity index (χ3v) is 8.10. The molecule has 0 saturated heterocycles. The summed E-state index contributed by atoms with van der Waals surface area (Å²) in [6.45, 7) is 1.05. The summed E-state index contributed by atoms with van der Waals surface area (Å²) in [4.78, 5) is 9.32. The zero-order valence-electron chi connectivity index (χ0n) is 17.5. The number of anilines is 1. The summed E-state index contributed by atoms with van der Waals surface area (Å²) in [6.07, 6.45) is 17.7. The Bertz CT molecular complexity index is 922. The van der Waals surface area contributed by atoms with Gasteiger partial charge in [0, 0.05) is 35.9 Å². The number of nitrogens with zero attached hydrogens (tertiary/aromatic N) is 4. The molecule has 3 fully saturated rings. The SMILES string of the molecule is Clc1cnc(NC2CCC(NC3CCCC3)CC2)nc1-c1cnn2c1CC1(CC1)C2. The molecule has 30 heavy (non-hydrogen) atoms. The molecule has 0 amide bonds. The van der Waals surface area contributed by atoms with Crippen molar-refractivity contribution in [3.05, 3.63) is 23.1 Å². The van der Waals surface area contributed by atoms with E-state index >= 15 is 0 Å². The first-order chi connectivity index (χ1) is 14.7. The van der Waals surface area contributed by atoms with Crippen LogP contribution in [-0.4, -0.2) is 37.9 Å². The molecule has 0 atom stereocenters. The highest BCUT2D eigenvalue weighted by molar-refractivity contribution is 6.32. The molecule has 6 rings (SSSR count). The van der Waals surface area contributed by atoms with Crippen molar-refractivity contribution in [2.75, 3.05) is 5.32 Å². The first kappa shape index (κ1) is 19.1. The predicted octanol–water partition coefficient (Wildman–Crippen LogP) is 4.59. The molecule has 3 aliphatic carbocycles. The van der Waals surface area contributed by atoms with Gasteiger partial charge in [0.15, 0.2) is 0 Å². The summed E-state index contributed by atoms with van der Waals surface area (Å²) < 4.78 is 2.16. The fourth-order valence-corrected chi connectivity index (χ4v) is 6.00.